The van der Waals surface area contributed by atoms with E-state index in [-0.39, 0.29) is 24.3 Å². The molecule has 0 aliphatic heterocycles. The lowest BCUT2D eigenvalue weighted by Gasteiger charge is -2.17. The van der Waals surface area contributed by atoms with Gasteiger partial charge in [-0.1, -0.05) is 0 Å². The summed E-state index contributed by atoms with van der Waals surface area (Å²) in [6.07, 6.45) is 1.85. The van der Waals surface area contributed by atoms with E-state index in [1.54, 1.807) is 45.5 Å². The zero-order chi connectivity index (χ0) is 23.4. The highest BCUT2D eigenvalue weighted by molar-refractivity contribution is 5.94. The van der Waals surface area contributed by atoms with Gasteiger partial charge in [0.15, 0.2) is 11.5 Å². The van der Waals surface area contributed by atoms with Crippen LogP contribution in [0.15, 0.2) is 36.5 Å². The largest absolute Gasteiger partial charge is 0.493 e. The minimum absolute atomic E-state index is 0.0249. The second-order valence-electron chi connectivity index (χ2n) is 7.75. The molecule has 0 aliphatic rings. The molecular formula is C25H28FNO5. The van der Waals surface area contributed by atoms with Gasteiger partial charge in [-0.25, -0.2) is 4.39 Å². The number of methoxy groups -OCH3 is 3. The van der Waals surface area contributed by atoms with Gasteiger partial charge in [0.05, 0.1) is 39.0 Å². The fraction of sp³-hybridized carbons (Fsp3) is 0.360. The minimum atomic E-state index is -0.540. The fourth-order valence-electron chi connectivity index (χ4n) is 3.65. The first-order chi connectivity index (χ1) is 15.3. The van der Waals surface area contributed by atoms with Crippen molar-refractivity contribution in [2.45, 2.75) is 39.2 Å². The van der Waals surface area contributed by atoms with Crippen molar-refractivity contribution in [1.29, 1.82) is 0 Å². The summed E-state index contributed by atoms with van der Waals surface area (Å²) in [6, 6.07) is 8.31. The highest BCUT2D eigenvalue weighted by Crippen LogP contribution is 2.37. The maximum Gasteiger partial charge on any atom is 0.312 e. The lowest BCUT2D eigenvalue weighted by atomic mass is 9.94. The predicted molar refractivity (Wildman–Crippen MR) is 120 cm³/mol. The number of nitrogens with zero attached hydrogens (tertiary/aromatic N) is 1. The molecule has 0 amide bonds. The topological polar surface area (TPSA) is 66.9 Å². The van der Waals surface area contributed by atoms with E-state index >= 15 is 0 Å². The molecule has 0 bridgehead atoms. The molecule has 0 aliphatic carbocycles. The Labute approximate surface area is 187 Å². The van der Waals surface area contributed by atoms with Gasteiger partial charge in [-0.15, -0.1) is 0 Å². The number of esters is 1. The summed E-state index contributed by atoms with van der Waals surface area (Å²) < 4.78 is 36.2. The Morgan fingerprint density at radius 3 is 2.25 bits per heavy atom. The van der Waals surface area contributed by atoms with Crippen LogP contribution in [0.1, 0.15) is 43.5 Å². The number of fused-ring (bicyclic) bond motifs is 1. The normalized spacial score (nSPS) is 12.0. The number of pyridine rings is 1. The van der Waals surface area contributed by atoms with Crippen LogP contribution in [-0.2, 0) is 16.0 Å². The van der Waals surface area contributed by atoms with Crippen LogP contribution in [0.2, 0.25) is 0 Å². The lowest BCUT2D eigenvalue weighted by Crippen LogP contribution is -2.12. The van der Waals surface area contributed by atoms with E-state index < -0.39 is 5.92 Å². The summed E-state index contributed by atoms with van der Waals surface area (Å²) in [7, 11) is 4.44. The second kappa shape index (κ2) is 9.85. The predicted octanol–water partition coefficient (Wildman–Crippen LogP) is 5.05. The molecule has 1 atom stereocenters. The van der Waals surface area contributed by atoms with E-state index in [2.05, 4.69) is 4.98 Å². The van der Waals surface area contributed by atoms with Crippen LogP contribution < -0.4 is 14.2 Å². The van der Waals surface area contributed by atoms with Gasteiger partial charge in [-0.3, -0.25) is 9.78 Å². The summed E-state index contributed by atoms with van der Waals surface area (Å²) in [5.41, 5.74) is 1.79. The van der Waals surface area contributed by atoms with Gasteiger partial charge in [0, 0.05) is 18.0 Å². The number of benzene rings is 2. The molecule has 7 heteroatoms. The van der Waals surface area contributed by atoms with Gasteiger partial charge in [0.1, 0.15) is 11.6 Å². The monoisotopic (exact) mass is 441 g/mol. The molecule has 0 saturated heterocycles. The van der Waals surface area contributed by atoms with Crippen molar-refractivity contribution in [3.05, 3.63) is 59.2 Å². The van der Waals surface area contributed by atoms with Gasteiger partial charge >= 0.3 is 5.97 Å². The number of hydrogen-bond donors (Lipinski definition) is 0. The number of hydrogen-bond acceptors (Lipinski definition) is 6. The number of halogens is 1. The average Bonchev–Trinajstić information content (AvgIpc) is 2.79. The van der Waals surface area contributed by atoms with Gasteiger partial charge in [-0.05, 0) is 67.6 Å². The first kappa shape index (κ1) is 23.3. The molecule has 170 valence electrons. The van der Waals surface area contributed by atoms with E-state index in [0.29, 0.717) is 34.1 Å². The Kier molecular flexibility index (Phi) is 7.18. The molecule has 0 spiro atoms. The Morgan fingerprint density at radius 2 is 1.66 bits per heavy atom. The van der Waals surface area contributed by atoms with Crippen molar-refractivity contribution in [1.82, 2.24) is 4.98 Å². The molecule has 32 heavy (non-hydrogen) atoms. The standard InChI is InChI=1S/C25H28FNO5/c1-14(2)32-17-7-8-21(26)16(9-17)10-22-19-12-24(30-5)23(29-4)11-18(19)20(13-27-22)15(3)25(28)31-6/h7-9,11-15H,10H2,1-6H3. The van der Waals surface area contributed by atoms with Crippen LogP contribution in [0, 0.1) is 5.82 Å². The third-order valence-electron chi connectivity index (χ3n) is 5.27. The molecule has 0 N–H and O–H groups in total. The minimum Gasteiger partial charge on any atom is -0.493 e. The van der Waals surface area contributed by atoms with E-state index in [4.69, 9.17) is 18.9 Å². The first-order valence-electron chi connectivity index (χ1n) is 10.3. The Hall–Kier alpha value is -3.35. The smallest absolute Gasteiger partial charge is 0.312 e. The molecule has 0 fully saturated rings. The number of aromatic nitrogens is 1. The fourth-order valence-corrected chi connectivity index (χ4v) is 3.65. The second-order valence-corrected chi connectivity index (χ2v) is 7.75. The van der Waals surface area contributed by atoms with Gasteiger partial charge in [0.2, 0.25) is 0 Å². The molecule has 3 aromatic rings. The Morgan fingerprint density at radius 1 is 1.00 bits per heavy atom. The average molecular weight is 441 g/mol. The molecule has 1 aromatic heterocycles. The van der Waals surface area contributed by atoms with Crippen LogP contribution in [-0.4, -0.2) is 38.4 Å². The number of ether oxygens (including phenoxy) is 4. The number of carbonyl (C=O) groups excluding carboxylic acids is 1. The van der Waals surface area contributed by atoms with Gasteiger partial charge in [0.25, 0.3) is 0 Å². The Bertz CT molecular complexity index is 1130. The van der Waals surface area contributed by atoms with Crippen molar-refractivity contribution >= 4 is 16.7 Å². The van der Waals surface area contributed by atoms with Gasteiger partial charge < -0.3 is 18.9 Å². The molecule has 1 unspecified atom stereocenters. The van der Waals surface area contributed by atoms with Crippen LogP contribution >= 0.6 is 0 Å². The highest BCUT2D eigenvalue weighted by Gasteiger charge is 2.22. The van der Waals surface area contributed by atoms with Crippen LogP contribution in [0.25, 0.3) is 10.8 Å². The summed E-state index contributed by atoms with van der Waals surface area (Å²) >= 11 is 0. The van der Waals surface area contributed by atoms with Gasteiger partial charge in [-0.2, -0.15) is 0 Å². The summed E-state index contributed by atoms with van der Waals surface area (Å²) in [5.74, 6) is 0.374. The van der Waals surface area contributed by atoms with Crippen LogP contribution in [0.4, 0.5) is 4.39 Å². The molecule has 0 saturated carbocycles. The van der Waals surface area contributed by atoms with E-state index in [0.717, 1.165) is 10.8 Å². The summed E-state index contributed by atoms with van der Waals surface area (Å²) in [6.45, 7) is 5.59. The van der Waals surface area contributed by atoms with Crippen LogP contribution in [0.3, 0.4) is 0 Å². The maximum absolute atomic E-state index is 14.6. The van der Waals surface area contributed by atoms with E-state index in [1.807, 2.05) is 19.9 Å². The molecule has 0 radical (unpaired) electrons. The Balaban J connectivity index is 2.17. The van der Waals surface area contributed by atoms with Crippen molar-refractivity contribution in [2.24, 2.45) is 0 Å². The molecular weight excluding hydrogens is 413 g/mol. The van der Waals surface area contributed by atoms with Crippen molar-refractivity contribution in [3.8, 4) is 17.2 Å². The molecule has 3 rings (SSSR count). The molecule has 6 nitrogen and oxygen atoms in total. The van der Waals surface area contributed by atoms with E-state index in [1.165, 1.54) is 13.2 Å². The summed E-state index contributed by atoms with van der Waals surface area (Å²) in [5, 5.41) is 1.51. The van der Waals surface area contributed by atoms with Crippen LogP contribution in [0.5, 0.6) is 17.2 Å². The maximum atomic E-state index is 14.6. The summed E-state index contributed by atoms with van der Waals surface area (Å²) in [4.78, 5) is 16.8. The zero-order valence-corrected chi connectivity index (χ0v) is 19.2. The quantitative estimate of drug-likeness (QED) is 0.456. The molecule has 1 heterocycles. The lowest BCUT2D eigenvalue weighted by molar-refractivity contribution is -0.141. The third kappa shape index (κ3) is 4.77. The highest BCUT2D eigenvalue weighted by atomic mass is 19.1. The van der Waals surface area contributed by atoms with Crippen molar-refractivity contribution < 1.29 is 28.1 Å². The third-order valence-corrected chi connectivity index (χ3v) is 5.27. The van der Waals surface area contributed by atoms with Crippen molar-refractivity contribution in [2.75, 3.05) is 21.3 Å². The van der Waals surface area contributed by atoms with Crippen molar-refractivity contribution in [3.63, 3.8) is 0 Å². The number of rotatable bonds is 8. The first-order valence-corrected chi connectivity index (χ1v) is 10.3. The SMILES string of the molecule is COC(=O)C(C)c1cnc(Cc2cc(OC(C)C)ccc2F)c2cc(OC)c(OC)cc12. The molecule has 2 aromatic carbocycles. The zero-order valence-electron chi connectivity index (χ0n) is 19.2. The van der Waals surface area contributed by atoms with E-state index in [9.17, 15) is 9.18 Å². The number of carbonyl (C=O) groups is 1.